The van der Waals surface area contributed by atoms with Crippen LogP contribution >= 0.6 is 0 Å². The van der Waals surface area contributed by atoms with E-state index >= 15 is 0 Å². The summed E-state index contributed by atoms with van der Waals surface area (Å²) in [6.45, 7) is 4.99. The van der Waals surface area contributed by atoms with Crippen LogP contribution in [0, 0.1) is 6.20 Å². The fourth-order valence-corrected chi connectivity index (χ4v) is 5.70. The molecule has 2 heterocycles. The summed E-state index contributed by atoms with van der Waals surface area (Å²) >= 11 is 0. The zero-order chi connectivity index (χ0) is 31.0. The Morgan fingerprint density at radius 2 is 1.58 bits per heavy atom. The third-order valence-electron chi connectivity index (χ3n) is 8.23. The summed E-state index contributed by atoms with van der Waals surface area (Å²) in [6, 6.07) is 14.1. The molecule has 6 nitrogen and oxygen atoms in total. The molecule has 0 saturated carbocycles. The summed E-state index contributed by atoms with van der Waals surface area (Å²) in [5, 5.41) is 0. The molecule has 0 aromatic heterocycles. The number of carbonyl (C=O) groups excluding carboxylic acids is 1. The lowest BCUT2D eigenvalue weighted by atomic mass is 10.1. The Labute approximate surface area is 281 Å². The number of hydrogen-bond donors (Lipinski definition) is 0. The maximum absolute atomic E-state index is 12.8. The molecule has 0 spiro atoms. The predicted molar refractivity (Wildman–Crippen MR) is 181 cm³/mol. The van der Waals surface area contributed by atoms with Crippen LogP contribution < -0.4 is 31.4 Å². The van der Waals surface area contributed by atoms with E-state index in [1.54, 1.807) is 18.9 Å². The number of nitrogens with zero attached hydrogens (tertiary/aromatic N) is 3. The minimum atomic E-state index is -0.0171. The van der Waals surface area contributed by atoms with E-state index in [2.05, 4.69) is 30.2 Å². The molecule has 2 aliphatic heterocycles. The molecule has 0 bridgehead atoms. The second-order valence-corrected chi connectivity index (χ2v) is 11.8. The standard InChI is InChI=1S/C38H50N3O3.BrH/c1-4-5-6-7-8-9-10-11-12-13-14-17-25-44-37-27-33(22-23-36(37)43-3)30-41(31(2)42)34-21-18-19-32(26-34)28-38-39-29-35-20-15-16-24-40(35)38;/h15-16,18-24,26-27H,4-14,17,25,28,30H2,1-3H3;1H/q+1;/p-1. The van der Waals surface area contributed by atoms with E-state index in [-0.39, 0.29) is 22.9 Å². The van der Waals surface area contributed by atoms with Crippen LogP contribution in [0.1, 0.15) is 102 Å². The Morgan fingerprint density at radius 3 is 2.27 bits per heavy atom. The second kappa shape index (κ2) is 19.9. The number of anilines is 1. The lowest BCUT2D eigenvalue weighted by molar-refractivity contribution is -0.116. The van der Waals surface area contributed by atoms with Gasteiger partial charge in [0.25, 0.3) is 0 Å². The van der Waals surface area contributed by atoms with Crippen LogP contribution in [-0.4, -0.2) is 30.4 Å². The van der Waals surface area contributed by atoms with Gasteiger partial charge in [-0.05, 0) is 54.0 Å². The Balaban J connectivity index is 0.00000552. The van der Waals surface area contributed by atoms with E-state index in [4.69, 9.17) is 9.47 Å². The number of fused-ring (bicyclic) bond motifs is 1. The van der Waals surface area contributed by atoms with Crippen molar-refractivity contribution in [1.29, 1.82) is 0 Å². The first kappa shape index (κ1) is 36.1. The number of amides is 1. The van der Waals surface area contributed by atoms with Crippen LogP contribution in [0.4, 0.5) is 5.69 Å². The average molecular weight is 677 g/mol. The van der Waals surface area contributed by atoms with Crippen molar-refractivity contribution in [3.05, 3.63) is 89.9 Å². The molecule has 4 rings (SSSR count). The van der Waals surface area contributed by atoms with Crippen LogP contribution in [0.5, 0.6) is 11.5 Å². The maximum Gasteiger partial charge on any atom is 0.247 e. The third kappa shape index (κ3) is 11.5. The number of allylic oxidation sites excluding steroid dienone is 3. The molecular weight excluding hydrogens is 626 g/mol. The minimum Gasteiger partial charge on any atom is -1.00 e. The smallest absolute Gasteiger partial charge is 0.247 e. The van der Waals surface area contributed by atoms with Gasteiger partial charge in [0.05, 0.1) is 32.8 Å². The number of halogens is 1. The fraction of sp³-hybridized carbons (Fsp3) is 0.474. The van der Waals surface area contributed by atoms with Gasteiger partial charge in [0.2, 0.25) is 17.4 Å². The average Bonchev–Trinajstić information content (AvgIpc) is 3.44. The molecule has 45 heavy (non-hydrogen) atoms. The van der Waals surface area contributed by atoms with Gasteiger partial charge in [0.15, 0.2) is 17.7 Å². The van der Waals surface area contributed by atoms with E-state index in [1.807, 2.05) is 59.7 Å². The lowest BCUT2D eigenvalue weighted by Crippen LogP contribution is -3.00. The normalized spacial score (nSPS) is 13.0. The van der Waals surface area contributed by atoms with Gasteiger partial charge in [0, 0.05) is 18.8 Å². The van der Waals surface area contributed by atoms with Crippen LogP contribution in [0.3, 0.4) is 0 Å². The number of carbonyl (C=O) groups is 1. The van der Waals surface area contributed by atoms with Crippen molar-refractivity contribution in [2.45, 2.75) is 104 Å². The summed E-state index contributed by atoms with van der Waals surface area (Å²) in [4.78, 5) is 21.2. The molecular formula is C38H50BrN3O3. The first-order chi connectivity index (χ1) is 21.6. The van der Waals surface area contributed by atoms with Gasteiger partial charge in [0.1, 0.15) is 0 Å². The topological polar surface area (TPSA) is 54.4 Å². The highest BCUT2D eigenvalue weighted by Crippen LogP contribution is 2.30. The Kier molecular flexibility index (Phi) is 15.9. The molecule has 2 aromatic rings. The van der Waals surface area contributed by atoms with Gasteiger partial charge in [-0.1, -0.05) is 101 Å². The molecule has 242 valence electrons. The number of rotatable bonds is 20. The van der Waals surface area contributed by atoms with E-state index in [1.165, 1.54) is 70.6 Å². The molecule has 0 radical (unpaired) electrons. The monoisotopic (exact) mass is 675 g/mol. The van der Waals surface area contributed by atoms with Crippen molar-refractivity contribution in [1.82, 2.24) is 4.90 Å². The summed E-state index contributed by atoms with van der Waals surface area (Å²) in [5.74, 6) is 2.34. The highest BCUT2D eigenvalue weighted by atomic mass is 79.9. The fourth-order valence-electron chi connectivity index (χ4n) is 5.70. The van der Waals surface area contributed by atoms with Gasteiger partial charge in [-0.3, -0.25) is 4.79 Å². The van der Waals surface area contributed by atoms with E-state index < -0.39 is 0 Å². The van der Waals surface area contributed by atoms with Crippen LogP contribution in [-0.2, 0) is 17.8 Å². The van der Waals surface area contributed by atoms with Crippen LogP contribution in [0.15, 0.2) is 77.6 Å². The molecule has 0 N–H and O–H groups in total. The molecule has 0 unspecified atom stereocenters. The minimum absolute atomic E-state index is 0. The van der Waals surface area contributed by atoms with Gasteiger partial charge in [-0.2, -0.15) is 0 Å². The molecule has 0 atom stereocenters. The van der Waals surface area contributed by atoms with Gasteiger partial charge in [-0.25, -0.2) is 4.90 Å². The second-order valence-electron chi connectivity index (χ2n) is 11.8. The quantitative estimate of drug-likeness (QED) is 0.122. The van der Waals surface area contributed by atoms with E-state index in [9.17, 15) is 4.79 Å². The molecule has 0 fully saturated rings. The van der Waals surface area contributed by atoms with Crippen LogP contribution in [0.25, 0.3) is 0 Å². The maximum atomic E-state index is 12.8. The number of aliphatic imine (C=N–C) groups is 1. The lowest BCUT2D eigenvalue weighted by Gasteiger charge is -2.23. The number of methoxy groups -OCH3 is 1. The number of unbranched alkanes of at least 4 members (excludes halogenated alkanes) is 11. The third-order valence-corrected chi connectivity index (χ3v) is 8.23. The zero-order valence-electron chi connectivity index (χ0n) is 27.4. The number of amidine groups is 1. The van der Waals surface area contributed by atoms with Crippen molar-refractivity contribution in [3.8, 4) is 11.5 Å². The summed E-state index contributed by atoms with van der Waals surface area (Å²) in [7, 11) is 1.67. The molecule has 2 aromatic carbocycles. The number of hydrogen-bond acceptors (Lipinski definition) is 5. The summed E-state index contributed by atoms with van der Waals surface area (Å²) in [5.41, 5.74) is 3.87. The first-order valence-electron chi connectivity index (χ1n) is 16.6. The summed E-state index contributed by atoms with van der Waals surface area (Å²) in [6.07, 6.45) is 27.5. The number of ether oxygens (including phenoxy) is 2. The predicted octanol–water partition coefficient (Wildman–Crippen LogP) is 6.32. The molecule has 7 heteroatoms. The Hall–Kier alpha value is -3.41. The van der Waals surface area contributed by atoms with Crippen molar-refractivity contribution < 1.29 is 31.2 Å². The SMILES string of the molecule is CCCCCCCCCCCCCCOc1cc(CN(C(C)=O)c2cccc(CC3=N[C+]=C4C=CC=CN43)c2)ccc1OC.[Br-]. The molecule has 1 amide bonds. The molecule has 0 saturated heterocycles. The van der Waals surface area contributed by atoms with Crippen LogP contribution in [0.2, 0.25) is 0 Å². The molecule has 2 aliphatic rings. The van der Waals surface area contributed by atoms with Crippen molar-refractivity contribution in [2.75, 3.05) is 18.6 Å². The van der Waals surface area contributed by atoms with Gasteiger partial charge in [-0.15, -0.1) is 0 Å². The van der Waals surface area contributed by atoms with Gasteiger partial charge >= 0.3 is 0 Å². The van der Waals surface area contributed by atoms with E-state index in [0.29, 0.717) is 25.3 Å². The highest BCUT2D eigenvalue weighted by molar-refractivity contribution is 5.92. The van der Waals surface area contributed by atoms with Crippen molar-refractivity contribution >= 4 is 17.4 Å². The Morgan fingerprint density at radius 1 is 0.867 bits per heavy atom. The van der Waals surface area contributed by atoms with Gasteiger partial charge < -0.3 is 31.4 Å². The largest absolute Gasteiger partial charge is 1.00 e. The van der Waals surface area contributed by atoms with E-state index in [0.717, 1.165) is 40.5 Å². The molecule has 0 aliphatic carbocycles. The first-order valence-corrected chi connectivity index (χ1v) is 16.6. The summed E-state index contributed by atoms with van der Waals surface area (Å²) < 4.78 is 11.8. The van der Waals surface area contributed by atoms with Crippen molar-refractivity contribution in [2.24, 2.45) is 4.99 Å². The zero-order valence-corrected chi connectivity index (χ0v) is 29.0. The Bertz CT molecular complexity index is 1330. The van der Waals surface area contributed by atoms with Crippen molar-refractivity contribution in [3.63, 3.8) is 0 Å². The highest BCUT2D eigenvalue weighted by Gasteiger charge is 2.28. The number of benzene rings is 2.